The van der Waals surface area contributed by atoms with Crippen LogP contribution in [0.25, 0.3) is 0 Å². The molecule has 2 aromatic heterocycles. The third kappa shape index (κ3) is 4.65. The van der Waals surface area contributed by atoms with Gasteiger partial charge in [-0.25, -0.2) is 0 Å². The molecule has 1 aliphatic rings. The molecule has 0 aliphatic carbocycles. The molecule has 0 saturated carbocycles. The van der Waals surface area contributed by atoms with Gasteiger partial charge in [-0.15, -0.1) is 22.0 Å². The smallest absolute Gasteiger partial charge is 0.253 e. The summed E-state index contributed by atoms with van der Waals surface area (Å²) < 4.78 is 0. The molecule has 0 atom stereocenters. The van der Waals surface area contributed by atoms with Gasteiger partial charge in [-0.05, 0) is 54.8 Å². The van der Waals surface area contributed by atoms with Crippen molar-refractivity contribution in [3.63, 3.8) is 0 Å². The molecule has 0 unspecified atom stereocenters. The van der Waals surface area contributed by atoms with Crippen molar-refractivity contribution in [3.8, 4) is 0 Å². The lowest BCUT2D eigenvalue weighted by Gasteiger charge is -2.35. The van der Waals surface area contributed by atoms with Crippen LogP contribution in [0.2, 0.25) is 0 Å². The van der Waals surface area contributed by atoms with E-state index in [-0.39, 0.29) is 5.91 Å². The maximum atomic E-state index is 12.7. The summed E-state index contributed by atoms with van der Waals surface area (Å²) in [4.78, 5) is 22.0. The van der Waals surface area contributed by atoms with Crippen molar-refractivity contribution in [2.45, 2.75) is 4.90 Å². The number of piperazine rings is 1. The van der Waals surface area contributed by atoms with Gasteiger partial charge in [-0.1, -0.05) is 0 Å². The van der Waals surface area contributed by atoms with Gasteiger partial charge in [0.15, 0.2) is 11.6 Å². The molecule has 0 spiro atoms. The number of nitrogens with one attached hydrogen (secondary N) is 1. The third-order valence-electron chi connectivity index (χ3n) is 4.81. The summed E-state index contributed by atoms with van der Waals surface area (Å²) >= 11 is 1.67. The molecule has 7 nitrogen and oxygen atoms in total. The van der Waals surface area contributed by atoms with Crippen LogP contribution in [0.3, 0.4) is 0 Å². The summed E-state index contributed by atoms with van der Waals surface area (Å²) in [6, 6.07) is 15.4. The van der Waals surface area contributed by atoms with Crippen LogP contribution in [0.5, 0.6) is 0 Å². The number of carbonyl (C=O) groups is 1. The van der Waals surface area contributed by atoms with E-state index in [0.29, 0.717) is 18.9 Å². The van der Waals surface area contributed by atoms with Crippen molar-refractivity contribution in [2.75, 3.05) is 42.7 Å². The van der Waals surface area contributed by atoms with Gasteiger partial charge < -0.3 is 15.1 Å². The van der Waals surface area contributed by atoms with Gasteiger partial charge in [0.05, 0.1) is 11.9 Å². The number of carbonyl (C=O) groups excluding carboxylic acids is 1. The predicted octanol–water partition coefficient (Wildman–Crippen LogP) is 3.30. The predicted molar refractivity (Wildman–Crippen MR) is 116 cm³/mol. The van der Waals surface area contributed by atoms with E-state index in [4.69, 9.17) is 0 Å². The van der Waals surface area contributed by atoms with Crippen LogP contribution in [0.1, 0.15) is 10.4 Å². The third-order valence-corrected chi connectivity index (χ3v) is 5.56. The molecule has 3 heterocycles. The Hall–Kier alpha value is -3.13. The Bertz CT molecular complexity index is 941. The van der Waals surface area contributed by atoms with Gasteiger partial charge in [0.2, 0.25) is 0 Å². The lowest BCUT2D eigenvalue weighted by Crippen LogP contribution is -2.49. The maximum absolute atomic E-state index is 12.7. The normalized spacial score (nSPS) is 14.0. The molecular formula is C21H22N6OS. The highest BCUT2D eigenvalue weighted by Crippen LogP contribution is 2.19. The summed E-state index contributed by atoms with van der Waals surface area (Å²) in [6.45, 7) is 2.80. The average molecular weight is 407 g/mol. The summed E-state index contributed by atoms with van der Waals surface area (Å²) in [7, 11) is 0. The fourth-order valence-corrected chi connectivity index (χ4v) is 3.61. The number of hydrogen-bond donors (Lipinski definition) is 1. The van der Waals surface area contributed by atoms with E-state index in [9.17, 15) is 4.79 Å². The minimum atomic E-state index is 0.0828. The van der Waals surface area contributed by atoms with Crippen molar-refractivity contribution in [3.05, 3.63) is 66.5 Å². The Labute approximate surface area is 174 Å². The summed E-state index contributed by atoms with van der Waals surface area (Å²) in [5.41, 5.74) is 1.61. The maximum Gasteiger partial charge on any atom is 0.253 e. The standard InChI is InChI=1S/C21H22N6OS/c1-29-18-6-4-16(5-7-18)21(28)27-13-11-26(12-14-27)20-9-8-19(24-25-20)23-17-3-2-10-22-15-17/h2-10,15H,11-14H2,1H3,(H,23,24). The molecule has 1 fully saturated rings. The van der Waals surface area contributed by atoms with Crippen molar-refractivity contribution in [2.24, 2.45) is 0 Å². The number of pyridine rings is 1. The Morgan fingerprint density at radius 2 is 1.79 bits per heavy atom. The quantitative estimate of drug-likeness (QED) is 0.652. The van der Waals surface area contributed by atoms with E-state index >= 15 is 0 Å². The fourth-order valence-electron chi connectivity index (χ4n) is 3.20. The number of hydrogen-bond acceptors (Lipinski definition) is 7. The number of anilines is 3. The van der Waals surface area contributed by atoms with Crippen LogP contribution in [-0.2, 0) is 0 Å². The number of amides is 1. The van der Waals surface area contributed by atoms with Gasteiger partial charge in [-0.3, -0.25) is 9.78 Å². The Kier molecular flexibility index (Phi) is 5.90. The number of nitrogens with zero attached hydrogens (tertiary/aromatic N) is 5. The van der Waals surface area contributed by atoms with Gasteiger partial charge >= 0.3 is 0 Å². The van der Waals surface area contributed by atoms with Crippen LogP contribution < -0.4 is 10.2 Å². The SMILES string of the molecule is CSc1ccc(C(=O)N2CCN(c3ccc(Nc4cccnc4)nn3)CC2)cc1. The first-order valence-electron chi connectivity index (χ1n) is 9.42. The molecule has 4 rings (SSSR count). The lowest BCUT2D eigenvalue weighted by atomic mass is 10.2. The molecule has 29 heavy (non-hydrogen) atoms. The monoisotopic (exact) mass is 406 g/mol. The highest BCUT2D eigenvalue weighted by molar-refractivity contribution is 7.98. The molecule has 1 saturated heterocycles. The molecule has 1 aliphatic heterocycles. The molecular weight excluding hydrogens is 384 g/mol. The van der Waals surface area contributed by atoms with E-state index in [1.54, 1.807) is 24.2 Å². The first-order chi connectivity index (χ1) is 14.2. The highest BCUT2D eigenvalue weighted by Gasteiger charge is 2.23. The number of thioether (sulfide) groups is 1. The summed E-state index contributed by atoms with van der Waals surface area (Å²) in [5.74, 6) is 1.57. The minimum Gasteiger partial charge on any atom is -0.352 e. The molecule has 0 radical (unpaired) electrons. The second-order valence-electron chi connectivity index (χ2n) is 6.65. The minimum absolute atomic E-state index is 0.0828. The molecule has 0 bridgehead atoms. The van der Waals surface area contributed by atoms with Crippen molar-refractivity contribution < 1.29 is 4.79 Å². The van der Waals surface area contributed by atoms with Crippen LogP contribution in [-0.4, -0.2) is 58.4 Å². The van der Waals surface area contributed by atoms with Crippen LogP contribution >= 0.6 is 11.8 Å². The zero-order valence-corrected chi connectivity index (χ0v) is 17.0. The molecule has 1 N–H and O–H groups in total. The molecule has 3 aromatic rings. The summed E-state index contributed by atoms with van der Waals surface area (Å²) in [6.07, 6.45) is 5.49. The Morgan fingerprint density at radius 3 is 2.41 bits per heavy atom. The van der Waals surface area contributed by atoms with Crippen molar-refractivity contribution >= 4 is 35.0 Å². The second-order valence-corrected chi connectivity index (χ2v) is 7.53. The zero-order valence-electron chi connectivity index (χ0n) is 16.2. The number of rotatable bonds is 5. The molecule has 148 valence electrons. The van der Waals surface area contributed by atoms with Crippen LogP contribution in [0.15, 0.2) is 65.8 Å². The highest BCUT2D eigenvalue weighted by atomic mass is 32.2. The van der Waals surface area contributed by atoms with E-state index < -0.39 is 0 Å². The number of benzene rings is 1. The van der Waals surface area contributed by atoms with Gasteiger partial charge in [-0.2, -0.15) is 0 Å². The fraction of sp³-hybridized carbons (Fsp3) is 0.238. The zero-order chi connectivity index (χ0) is 20.1. The van der Waals surface area contributed by atoms with Crippen molar-refractivity contribution in [1.82, 2.24) is 20.1 Å². The van der Waals surface area contributed by atoms with Gasteiger partial charge in [0.25, 0.3) is 5.91 Å². The Morgan fingerprint density at radius 1 is 1.00 bits per heavy atom. The Balaban J connectivity index is 1.33. The summed E-state index contributed by atoms with van der Waals surface area (Å²) in [5, 5.41) is 11.8. The lowest BCUT2D eigenvalue weighted by molar-refractivity contribution is 0.0746. The largest absolute Gasteiger partial charge is 0.352 e. The first kappa shape index (κ1) is 19.2. The van der Waals surface area contributed by atoms with E-state index in [1.807, 2.05) is 59.7 Å². The van der Waals surface area contributed by atoms with E-state index in [0.717, 1.165) is 35.1 Å². The second kappa shape index (κ2) is 8.91. The van der Waals surface area contributed by atoms with Crippen LogP contribution in [0, 0.1) is 0 Å². The topological polar surface area (TPSA) is 74.2 Å². The number of aromatic nitrogens is 3. The molecule has 1 aromatic carbocycles. The van der Waals surface area contributed by atoms with Gasteiger partial charge in [0.1, 0.15) is 0 Å². The molecule has 1 amide bonds. The van der Waals surface area contributed by atoms with Gasteiger partial charge in [0, 0.05) is 42.8 Å². The average Bonchev–Trinajstić information content (AvgIpc) is 2.80. The van der Waals surface area contributed by atoms with E-state index in [2.05, 4.69) is 25.4 Å². The molecule has 8 heteroatoms. The van der Waals surface area contributed by atoms with Crippen LogP contribution in [0.4, 0.5) is 17.3 Å². The first-order valence-corrected chi connectivity index (χ1v) is 10.6. The van der Waals surface area contributed by atoms with Crippen molar-refractivity contribution in [1.29, 1.82) is 0 Å². The van der Waals surface area contributed by atoms with E-state index in [1.165, 1.54) is 0 Å².